The highest BCUT2D eigenvalue weighted by Crippen LogP contribution is 2.26. The quantitative estimate of drug-likeness (QED) is 0.446. The number of carbonyl (C=O) groups is 1. The van der Waals surface area contributed by atoms with Crippen LogP contribution in [0.2, 0.25) is 5.02 Å². The van der Waals surface area contributed by atoms with Gasteiger partial charge in [0.05, 0.1) is 28.5 Å². The number of benzene rings is 1. The SMILES string of the molecule is CCC(C(=O)Nc1c(C)nn(Cc2c(F)cccc2Cl)c1C)n1cc([N+](=O)[O-])cn1. The van der Waals surface area contributed by atoms with E-state index in [0.717, 1.165) is 6.20 Å². The number of halogens is 2. The van der Waals surface area contributed by atoms with Gasteiger partial charge in [-0.05, 0) is 32.4 Å². The molecule has 1 unspecified atom stereocenters. The highest BCUT2D eigenvalue weighted by molar-refractivity contribution is 6.31. The molecule has 30 heavy (non-hydrogen) atoms. The monoisotopic (exact) mass is 434 g/mol. The number of nitrogens with zero attached hydrogens (tertiary/aromatic N) is 5. The summed E-state index contributed by atoms with van der Waals surface area (Å²) in [5.41, 5.74) is 1.78. The van der Waals surface area contributed by atoms with Gasteiger partial charge in [0.2, 0.25) is 5.91 Å². The molecule has 3 aromatic rings. The van der Waals surface area contributed by atoms with Crippen molar-refractivity contribution < 1.29 is 14.1 Å². The summed E-state index contributed by atoms with van der Waals surface area (Å²) in [4.78, 5) is 23.2. The van der Waals surface area contributed by atoms with Crippen molar-refractivity contribution in [2.24, 2.45) is 0 Å². The van der Waals surface area contributed by atoms with Gasteiger partial charge in [0.1, 0.15) is 24.3 Å². The van der Waals surface area contributed by atoms with Gasteiger partial charge in [-0.25, -0.2) is 4.39 Å². The number of carbonyl (C=O) groups excluding carboxylic acids is 1. The van der Waals surface area contributed by atoms with Crippen molar-refractivity contribution in [2.75, 3.05) is 5.32 Å². The largest absolute Gasteiger partial charge is 0.321 e. The van der Waals surface area contributed by atoms with Crippen molar-refractivity contribution in [3.05, 3.63) is 68.5 Å². The molecular formula is C19H20ClFN6O3. The molecule has 0 aliphatic heterocycles. The summed E-state index contributed by atoms with van der Waals surface area (Å²) >= 11 is 6.11. The maximum absolute atomic E-state index is 14.1. The average Bonchev–Trinajstić information content (AvgIpc) is 3.27. The first-order valence-corrected chi connectivity index (χ1v) is 9.57. The van der Waals surface area contributed by atoms with Gasteiger partial charge in [-0.2, -0.15) is 10.2 Å². The standard InChI is InChI=1S/C19H20ClFN6O3/c1-4-17(26-9-13(8-22-26)27(29)30)19(28)23-18-11(2)24-25(12(18)3)10-14-15(20)6-5-7-16(14)21/h5-9,17H,4,10H2,1-3H3,(H,23,28). The molecular weight excluding hydrogens is 415 g/mol. The Labute approximate surface area is 176 Å². The van der Waals surface area contributed by atoms with Crippen LogP contribution in [0.15, 0.2) is 30.6 Å². The van der Waals surface area contributed by atoms with E-state index >= 15 is 0 Å². The number of amides is 1. The molecule has 0 fully saturated rings. The Hall–Kier alpha value is -3.27. The fourth-order valence-electron chi connectivity index (χ4n) is 3.16. The first-order valence-electron chi connectivity index (χ1n) is 9.19. The van der Waals surface area contributed by atoms with Crippen LogP contribution in [0.3, 0.4) is 0 Å². The predicted octanol–water partition coefficient (Wildman–Crippen LogP) is 4.04. The van der Waals surface area contributed by atoms with E-state index in [1.807, 2.05) is 0 Å². The zero-order valence-corrected chi connectivity index (χ0v) is 17.4. The van der Waals surface area contributed by atoms with Gasteiger partial charge in [0.25, 0.3) is 0 Å². The van der Waals surface area contributed by atoms with Gasteiger partial charge in [-0.1, -0.05) is 24.6 Å². The number of aromatic nitrogens is 4. The number of rotatable bonds is 7. The molecule has 0 aliphatic carbocycles. The van der Waals surface area contributed by atoms with E-state index in [1.54, 1.807) is 31.5 Å². The molecule has 158 valence electrons. The van der Waals surface area contributed by atoms with E-state index in [2.05, 4.69) is 15.5 Å². The van der Waals surface area contributed by atoms with Crippen molar-refractivity contribution in [1.29, 1.82) is 0 Å². The van der Waals surface area contributed by atoms with Crippen molar-refractivity contribution in [3.8, 4) is 0 Å². The van der Waals surface area contributed by atoms with Gasteiger partial charge in [0.15, 0.2) is 0 Å². The summed E-state index contributed by atoms with van der Waals surface area (Å²) in [7, 11) is 0. The van der Waals surface area contributed by atoms with E-state index in [9.17, 15) is 19.3 Å². The molecule has 0 radical (unpaired) electrons. The number of aryl methyl sites for hydroxylation is 1. The lowest BCUT2D eigenvalue weighted by atomic mass is 10.2. The summed E-state index contributed by atoms with van der Waals surface area (Å²) in [5, 5.41) is 22.3. The zero-order valence-electron chi connectivity index (χ0n) is 16.6. The molecule has 3 rings (SSSR count). The Bertz CT molecular complexity index is 1090. The topological polar surface area (TPSA) is 108 Å². The van der Waals surface area contributed by atoms with Crippen LogP contribution in [-0.2, 0) is 11.3 Å². The first-order chi connectivity index (χ1) is 14.2. The molecule has 2 heterocycles. The lowest BCUT2D eigenvalue weighted by Crippen LogP contribution is -2.26. The molecule has 11 heteroatoms. The predicted molar refractivity (Wildman–Crippen MR) is 109 cm³/mol. The van der Waals surface area contributed by atoms with Gasteiger partial charge in [0, 0.05) is 10.6 Å². The third kappa shape index (κ3) is 4.18. The minimum absolute atomic E-state index is 0.108. The molecule has 0 saturated carbocycles. The van der Waals surface area contributed by atoms with Crippen LogP contribution in [0.25, 0.3) is 0 Å². The number of hydrogen-bond donors (Lipinski definition) is 1. The molecule has 0 bridgehead atoms. The van der Waals surface area contributed by atoms with Crippen molar-refractivity contribution in [2.45, 2.75) is 39.8 Å². The molecule has 2 aromatic heterocycles. The third-order valence-electron chi connectivity index (χ3n) is 4.81. The Morgan fingerprint density at radius 3 is 2.73 bits per heavy atom. The minimum Gasteiger partial charge on any atom is -0.321 e. The fraction of sp³-hybridized carbons (Fsp3) is 0.316. The maximum atomic E-state index is 14.1. The second-order valence-electron chi connectivity index (χ2n) is 6.75. The summed E-state index contributed by atoms with van der Waals surface area (Å²) < 4.78 is 17.0. The number of anilines is 1. The lowest BCUT2D eigenvalue weighted by molar-refractivity contribution is -0.385. The summed E-state index contributed by atoms with van der Waals surface area (Å²) in [6.07, 6.45) is 2.70. The molecule has 0 aliphatic rings. The smallest absolute Gasteiger partial charge is 0.307 e. The van der Waals surface area contributed by atoms with Crippen molar-refractivity contribution >= 4 is 28.9 Å². The van der Waals surface area contributed by atoms with E-state index in [-0.39, 0.29) is 18.1 Å². The Balaban J connectivity index is 1.84. The van der Waals surface area contributed by atoms with Crippen LogP contribution < -0.4 is 5.32 Å². The number of nitro groups is 1. The Morgan fingerprint density at radius 1 is 1.40 bits per heavy atom. The highest BCUT2D eigenvalue weighted by atomic mass is 35.5. The fourth-order valence-corrected chi connectivity index (χ4v) is 3.38. The van der Waals surface area contributed by atoms with Crippen LogP contribution in [0, 0.1) is 29.8 Å². The van der Waals surface area contributed by atoms with Gasteiger partial charge in [-0.3, -0.25) is 24.3 Å². The zero-order chi connectivity index (χ0) is 22.0. The molecule has 1 N–H and O–H groups in total. The maximum Gasteiger partial charge on any atom is 0.307 e. The third-order valence-corrected chi connectivity index (χ3v) is 5.16. The molecule has 9 nitrogen and oxygen atoms in total. The second kappa shape index (κ2) is 8.62. The van der Waals surface area contributed by atoms with E-state index in [1.165, 1.54) is 23.0 Å². The summed E-state index contributed by atoms with van der Waals surface area (Å²) in [6, 6.07) is 3.72. The molecule has 0 saturated heterocycles. The van der Waals surface area contributed by atoms with Crippen molar-refractivity contribution in [1.82, 2.24) is 19.6 Å². The summed E-state index contributed by atoms with van der Waals surface area (Å²) in [5.74, 6) is -0.822. The van der Waals surface area contributed by atoms with Crippen LogP contribution in [0.4, 0.5) is 15.8 Å². The normalized spacial score (nSPS) is 12.0. The molecule has 1 aromatic carbocycles. The molecule has 1 amide bonds. The molecule has 1 atom stereocenters. The van der Waals surface area contributed by atoms with Crippen LogP contribution >= 0.6 is 11.6 Å². The summed E-state index contributed by atoms with van der Waals surface area (Å²) in [6.45, 7) is 5.36. The van der Waals surface area contributed by atoms with Crippen LogP contribution in [-0.4, -0.2) is 30.4 Å². The number of hydrogen-bond acceptors (Lipinski definition) is 5. The van der Waals surface area contributed by atoms with Gasteiger partial charge in [-0.15, -0.1) is 0 Å². The minimum atomic E-state index is -0.734. The van der Waals surface area contributed by atoms with Crippen molar-refractivity contribution in [3.63, 3.8) is 0 Å². The first kappa shape index (κ1) is 21.4. The van der Waals surface area contributed by atoms with Crippen LogP contribution in [0.5, 0.6) is 0 Å². The van der Waals surface area contributed by atoms with E-state index in [4.69, 9.17) is 11.6 Å². The Kier molecular flexibility index (Phi) is 6.16. The lowest BCUT2D eigenvalue weighted by Gasteiger charge is -2.15. The Morgan fingerprint density at radius 2 is 2.13 bits per heavy atom. The van der Waals surface area contributed by atoms with Gasteiger partial charge >= 0.3 is 5.69 Å². The molecule has 0 spiro atoms. The van der Waals surface area contributed by atoms with E-state index in [0.29, 0.717) is 34.1 Å². The van der Waals surface area contributed by atoms with Gasteiger partial charge < -0.3 is 5.32 Å². The van der Waals surface area contributed by atoms with Crippen LogP contribution in [0.1, 0.15) is 36.3 Å². The second-order valence-corrected chi connectivity index (χ2v) is 7.16. The number of nitrogens with one attached hydrogen (secondary N) is 1. The highest BCUT2D eigenvalue weighted by Gasteiger charge is 2.24. The average molecular weight is 435 g/mol. The van der Waals surface area contributed by atoms with E-state index < -0.39 is 16.8 Å².